The lowest BCUT2D eigenvalue weighted by atomic mass is 10.2. The Balaban J connectivity index is 1.45. The Hall–Kier alpha value is -2.96. The Labute approximate surface area is 167 Å². The van der Waals surface area contributed by atoms with Crippen LogP contribution in [0.3, 0.4) is 0 Å². The average molecular weight is 391 g/mol. The molecule has 0 aliphatic rings. The van der Waals surface area contributed by atoms with Crippen molar-refractivity contribution >= 4 is 33.8 Å². The van der Waals surface area contributed by atoms with Crippen molar-refractivity contribution in [3.8, 4) is 0 Å². The van der Waals surface area contributed by atoms with E-state index in [2.05, 4.69) is 27.0 Å². The highest BCUT2D eigenvalue weighted by Crippen LogP contribution is 2.22. The van der Waals surface area contributed by atoms with Gasteiger partial charge in [0.25, 0.3) is 5.91 Å². The number of nitrogens with zero attached hydrogens (tertiary/aromatic N) is 2. The minimum absolute atomic E-state index is 0.186. The average Bonchev–Trinajstić information content (AvgIpc) is 3.34. The molecular weight excluding hydrogens is 370 g/mol. The van der Waals surface area contributed by atoms with E-state index in [0.29, 0.717) is 12.3 Å². The van der Waals surface area contributed by atoms with Crippen molar-refractivity contribution in [1.82, 2.24) is 9.55 Å². The van der Waals surface area contributed by atoms with Crippen molar-refractivity contribution in [2.75, 3.05) is 19.0 Å². The molecule has 6 heteroatoms. The van der Waals surface area contributed by atoms with Gasteiger partial charge in [0.1, 0.15) is 5.69 Å². The van der Waals surface area contributed by atoms with E-state index in [1.165, 1.54) is 16.9 Å². The van der Waals surface area contributed by atoms with Gasteiger partial charge >= 0.3 is 0 Å². The lowest BCUT2D eigenvalue weighted by molar-refractivity contribution is 0.102. The molecule has 2 aromatic heterocycles. The maximum Gasteiger partial charge on any atom is 0.275 e. The number of aromatic nitrogens is 2. The van der Waals surface area contributed by atoms with E-state index < -0.39 is 0 Å². The minimum Gasteiger partial charge on any atom is -0.383 e. The van der Waals surface area contributed by atoms with Crippen LogP contribution in [-0.4, -0.2) is 29.2 Å². The van der Waals surface area contributed by atoms with E-state index in [1.807, 2.05) is 54.0 Å². The molecule has 4 rings (SSSR count). The normalized spacial score (nSPS) is 11.0. The fraction of sp³-hybridized carbons (Fsp3) is 0.182. The smallest absolute Gasteiger partial charge is 0.275 e. The maximum absolute atomic E-state index is 12.6. The van der Waals surface area contributed by atoms with Crippen LogP contribution in [0.1, 0.15) is 21.1 Å². The molecule has 0 radical (unpaired) electrons. The van der Waals surface area contributed by atoms with E-state index in [-0.39, 0.29) is 5.91 Å². The number of rotatable bonds is 7. The van der Waals surface area contributed by atoms with E-state index >= 15 is 0 Å². The first-order chi connectivity index (χ1) is 13.7. The van der Waals surface area contributed by atoms with Gasteiger partial charge in [-0.1, -0.05) is 30.3 Å². The highest BCUT2D eigenvalue weighted by atomic mass is 32.1. The van der Waals surface area contributed by atoms with Crippen molar-refractivity contribution < 1.29 is 9.53 Å². The molecule has 142 valence electrons. The van der Waals surface area contributed by atoms with Crippen LogP contribution in [0.2, 0.25) is 0 Å². The molecule has 0 spiro atoms. The summed E-state index contributed by atoms with van der Waals surface area (Å²) < 4.78 is 7.28. The molecule has 4 aromatic rings. The number of fused-ring (bicyclic) bond motifs is 1. The molecule has 0 saturated carbocycles. The SMILES string of the molecule is COCCn1ccc2cc(NC(=O)c3csc(Cc4ccccc4)n3)ccc21. The van der Waals surface area contributed by atoms with Crippen molar-refractivity contribution in [3.05, 3.63) is 82.4 Å². The number of hydrogen-bond acceptors (Lipinski definition) is 4. The zero-order chi connectivity index (χ0) is 19.3. The monoisotopic (exact) mass is 391 g/mol. The summed E-state index contributed by atoms with van der Waals surface area (Å²) in [6.45, 7) is 1.46. The van der Waals surface area contributed by atoms with E-state index in [1.54, 1.807) is 7.11 Å². The molecule has 0 unspecified atom stereocenters. The van der Waals surface area contributed by atoms with Gasteiger partial charge in [-0.3, -0.25) is 4.79 Å². The van der Waals surface area contributed by atoms with E-state index in [4.69, 9.17) is 4.74 Å². The molecule has 5 nitrogen and oxygen atoms in total. The van der Waals surface area contributed by atoms with Crippen molar-refractivity contribution in [1.29, 1.82) is 0 Å². The van der Waals surface area contributed by atoms with Crippen LogP contribution in [0, 0.1) is 0 Å². The zero-order valence-electron chi connectivity index (χ0n) is 15.6. The van der Waals surface area contributed by atoms with E-state index in [9.17, 15) is 4.79 Å². The van der Waals surface area contributed by atoms with Gasteiger partial charge < -0.3 is 14.6 Å². The molecule has 28 heavy (non-hydrogen) atoms. The van der Waals surface area contributed by atoms with Crippen LogP contribution in [0.25, 0.3) is 10.9 Å². The van der Waals surface area contributed by atoms with Crippen molar-refractivity contribution in [3.63, 3.8) is 0 Å². The predicted molar refractivity (Wildman–Crippen MR) is 113 cm³/mol. The number of anilines is 1. The number of ether oxygens (including phenoxy) is 1. The molecule has 0 bridgehead atoms. The van der Waals surface area contributed by atoms with Gasteiger partial charge in [0.05, 0.1) is 11.6 Å². The Bertz CT molecular complexity index is 1090. The standard InChI is InChI=1S/C22H21N3O2S/c1-27-12-11-25-10-9-17-14-18(7-8-20(17)25)23-22(26)19-15-28-21(24-19)13-16-5-3-2-4-6-16/h2-10,14-15H,11-13H2,1H3,(H,23,26). The maximum atomic E-state index is 12.6. The molecular formula is C22H21N3O2S. The second-order valence-electron chi connectivity index (χ2n) is 6.52. The molecule has 0 saturated heterocycles. The van der Waals surface area contributed by atoms with Gasteiger partial charge in [-0.2, -0.15) is 0 Å². The predicted octanol–water partition coefficient (Wildman–Crippen LogP) is 4.59. The number of thiazole rings is 1. The number of methoxy groups -OCH3 is 1. The second-order valence-corrected chi connectivity index (χ2v) is 7.46. The molecule has 0 fully saturated rings. The summed E-state index contributed by atoms with van der Waals surface area (Å²) in [6, 6.07) is 18.1. The van der Waals surface area contributed by atoms with Crippen LogP contribution in [0.4, 0.5) is 5.69 Å². The first kappa shape index (κ1) is 18.4. The van der Waals surface area contributed by atoms with Crippen LogP contribution < -0.4 is 5.32 Å². The lowest BCUT2D eigenvalue weighted by Gasteiger charge is -2.06. The zero-order valence-corrected chi connectivity index (χ0v) is 16.4. The number of benzene rings is 2. The summed E-state index contributed by atoms with van der Waals surface area (Å²) in [6.07, 6.45) is 2.77. The summed E-state index contributed by atoms with van der Waals surface area (Å²) in [4.78, 5) is 17.1. The molecule has 2 heterocycles. The largest absolute Gasteiger partial charge is 0.383 e. The molecule has 1 N–H and O–H groups in total. The van der Waals surface area contributed by atoms with Crippen LogP contribution in [-0.2, 0) is 17.7 Å². The van der Waals surface area contributed by atoms with Gasteiger partial charge in [-0.15, -0.1) is 11.3 Å². The minimum atomic E-state index is -0.186. The Morgan fingerprint density at radius 3 is 2.86 bits per heavy atom. The molecule has 1 amide bonds. The number of carbonyl (C=O) groups is 1. The van der Waals surface area contributed by atoms with Crippen LogP contribution in [0.5, 0.6) is 0 Å². The fourth-order valence-electron chi connectivity index (χ4n) is 3.12. The lowest BCUT2D eigenvalue weighted by Crippen LogP contribution is -2.12. The summed E-state index contributed by atoms with van der Waals surface area (Å²) >= 11 is 1.51. The summed E-state index contributed by atoms with van der Waals surface area (Å²) in [7, 11) is 1.70. The van der Waals surface area contributed by atoms with Gasteiger partial charge in [-0.25, -0.2) is 4.98 Å². The first-order valence-electron chi connectivity index (χ1n) is 9.10. The Kier molecular flexibility index (Phi) is 5.50. The highest BCUT2D eigenvalue weighted by Gasteiger charge is 2.12. The summed E-state index contributed by atoms with van der Waals surface area (Å²) in [5, 5.41) is 6.78. The summed E-state index contributed by atoms with van der Waals surface area (Å²) in [5.74, 6) is -0.186. The van der Waals surface area contributed by atoms with Crippen LogP contribution in [0.15, 0.2) is 66.2 Å². The van der Waals surface area contributed by atoms with E-state index in [0.717, 1.165) is 34.6 Å². The first-order valence-corrected chi connectivity index (χ1v) is 9.98. The van der Waals surface area contributed by atoms with Gasteiger partial charge in [0.2, 0.25) is 0 Å². The third kappa shape index (κ3) is 4.13. The molecule has 0 aliphatic heterocycles. The number of hydrogen-bond donors (Lipinski definition) is 1. The summed E-state index contributed by atoms with van der Waals surface area (Å²) in [5.41, 5.74) is 3.52. The number of carbonyl (C=O) groups excluding carboxylic acids is 1. The molecule has 0 atom stereocenters. The Morgan fingerprint density at radius 2 is 2.04 bits per heavy atom. The topological polar surface area (TPSA) is 56.1 Å². The third-order valence-corrected chi connectivity index (χ3v) is 5.40. The Morgan fingerprint density at radius 1 is 1.18 bits per heavy atom. The molecule has 0 aliphatic carbocycles. The third-order valence-electron chi connectivity index (χ3n) is 4.55. The number of amides is 1. The van der Waals surface area contributed by atoms with Crippen molar-refractivity contribution in [2.24, 2.45) is 0 Å². The van der Waals surface area contributed by atoms with Gasteiger partial charge in [-0.05, 0) is 29.8 Å². The second kappa shape index (κ2) is 8.37. The van der Waals surface area contributed by atoms with Gasteiger partial charge in [0.15, 0.2) is 0 Å². The van der Waals surface area contributed by atoms with Crippen molar-refractivity contribution in [2.45, 2.75) is 13.0 Å². The number of nitrogens with one attached hydrogen (secondary N) is 1. The quantitative estimate of drug-likeness (QED) is 0.501. The molecule has 2 aromatic carbocycles. The fourth-order valence-corrected chi connectivity index (χ4v) is 3.93. The van der Waals surface area contributed by atoms with Crippen LogP contribution >= 0.6 is 11.3 Å². The highest BCUT2D eigenvalue weighted by molar-refractivity contribution is 7.09. The van der Waals surface area contributed by atoms with Gasteiger partial charge in [0, 0.05) is 48.2 Å².